The molecule has 4 heterocycles. The smallest absolute Gasteiger partial charge is 0.254 e. The molecule has 1 N–H and O–H groups in total. The predicted molar refractivity (Wildman–Crippen MR) is 75.4 cm³/mol. The van der Waals surface area contributed by atoms with Gasteiger partial charge in [0.2, 0.25) is 0 Å². The van der Waals surface area contributed by atoms with Gasteiger partial charge in [0, 0.05) is 18.4 Å². The zero-order chi connectivity index (χ0) is 13.4. The first-order chi connectivity index (χ1) is 9.93. The van der Waals surface area contributed by atoms with E-state index >= 15 is 0 Å². The molecule has 0 amide bonds. The van der Waals surface area contributed by atoms with Crippen LogP contribution in [-0.4, -0.2) is 50.2 Å². The Morgan fingerprint density at radius 2 is 2.05 bits per heavy atom. The van der Waals surface area contributed by atoms with Gasteiger partial charge in [-0.25, -0.2) is 4.98 Å². The largest absolute Gasteiger partial charge is 0.317 e. The molecular formula is C14H20N6. The Morgan fingerprint density at radius 1 is 1.15 bits per heavy atom. The van der Waals surface area contributed by atoms with Crippen molar-refractivity contribution in [2.45, 2.75) is 37.8 Å². The van der Waals surface area contributed by atoms with Crippen LogP contribution >= 0.6 is 0 Å². The number of piperidine rings is 1. The van der Waals surface area contributed by atoms with Crippen LogP contribution < -0.4 is 5.32 Å². The van der Waals surface area contributed by atoms with Crippen molar-refractivity contribution in [1.29, 1.82) is 0 Å². The summed E-state index contributed by atoms with van der Waals surface area (Å²) in [5.41, 5.74) is 0. The minimum absolute atomic E-state index is 0.400. The molecule has 0 radical (unpaired) electrons. The molecule has 2 aromatic heterocycles. The maximum atomic E-state index is 4.42. The molecule has 2 aromatic rings. The molecule has 0 aromatic carbocycles. The van der Waals surface area contributed by atoms with E-state index in [0.717, 1.165) is 18.9 Å². The SMILES string of the molecule is c1cnc2nnc(C3CCCN3C3CCNCC3)n2c1. The molecule has 6 heteroatoms. The van der Waals surface area contributed by atoms with Gasteiger partial charge >= 0.3 is 0 Å². The molecule has 2 saturated heterocycles. The van der Waals surface area contributed by atoms with Gasteiger partial charge < -0.3 is 5.32 Å². The van der Waals surface area contributed by atoms with Crippen molar-refractivity contribution in [3.63, 3.8) is 0 Å². The average Bonchev–Trinajstić information content (AvgIpc) is 3.14. The van der Waals surface area contributed by atoms with Crippen LogP contribution in [0.15, 0.2) is 18.5 Å². The Labute approximate surface area is 118 Å². The van der Waals surface area contributed by atoms with Crippen LogP contribution in [0.1, 0.15) is 37.5 Å². The van der Waals surface area contributed by atoms with Gasteiger partial charge in [0.05, 0.1) is 6.04 Å². The van der Waals surface area contributed by atoms with Gasteiger partial charge in [-0.1, -0.05) is 0 Å². The minimum atomic E-state index is 0.400. The van der Waals surface area contributed by atoms with E-state index < -0.39 is 0 Å². The predicted octanol–water partition coefficient (Wildman–Crippen LogP) is 1.01. The second-order valence-corrected chi connectivity index (χ2v) is 5.72. The minimum Gasteiger partial charge on any atom is -0.317 e. The standard InChI is InChI=1S/C14H20N6/c1-3-12(19(9-1)11-4-7-15-8-5-11)13-17-18-14-16-6-2-10-20(13)14/h2,6,10-12,15H,1,3-5,7-9H2. The van der Waals surface area contributed by atoms with Gasteiger partial charge in [0.1, 0.15) is 0 Å². The first-order valence-corrected chi connectivity index (χ1v) is 7.55. The quantitative estimate of drug-likeness (QED) is 0.884. The second-order valence-electron chi connectivity index (χ2n) is 5.72. The van der Waals surface area contributed by atoms with E-state index in [2.05, 4.69) is 25.4 Å². The molecule has 0 spiro atoms. The summed E-state index contributed by atoms with van der Waals surface area (Å²) >= 11 is 0. The Balaban J connectivity index is 1.66. The number of nitrogens with one attached hydrogen (secondary N) is 1. The highest BCUT2D eigenvalue weighted by Crippen LogP contribution is 2.34. The molecule has 20 heavy (non-hydrogen) atoms. The zero-order valence-electron chi connectivity index (χ0n) is 11.6. The number of aromatic nitrogens is 4. The lowest BCUT2D eigenvalue weighted by Gasteiger charge is -2.35. The fourth-order valence-corrected chi connectivity index (χ4v) is 3.63. The Bertz CT molecular complexity index is 588. The van der Waals surface area contributed by atoms with Crippen LogP contribution in [-0.2, 0) is 0 Å². The number of likely N-dealkylation sites (tertiary alicyclic amines) is 1. The molecule has 4 rings (SSSR count). The second kappa shape index (κ2) is 5.10. The number of hydrogen-bond acceptors (Lipinski definition) is 5. The monoisotopic (exact) mass is 272 g/mol. The van der Waals surface area contributed by atoms with Crippen molar-refractivity contribution >= 4 is 5.78 Å². The summed E-state index contributed by atoms with van der Waals surface area (Å²) in [6.07, 6.45) is 8.71. The van der Waals surface area contributed by atoms with Crippen molar-refractivity contribution in [1.82, 2.24) is 29.8 Å². The maximum absolute atomic E-state index is 4.42. The van der Waals surface area contributed by atoms with Crippen molar-refractivity contribution < 1.29 is 0 Å². The fraction of sp³-hybridized carbons (Fsp3) is 0.643. The van der Waals surface area contributed by atoms with Crippen LogP contribution in [0.5, 0.6) is 0 Å². The van der Waals surface area contributed by atoms with E-state index in [0.29, 0.717) is 17.9 Å². The fourth-order valence-electron chi connectivity index (χ4n) is 3.63. The third-order valence-corrected chi connectivity index (χ3v) is 4.59. The van der Waals surface area contributed by atoms with Crippen molar-refractivity contribution in [2.75, 3.05) is 19.6 Å². The molecule has 1 unspecified atom stereocenters. The summed E-state index contributed by atoms with van der Waals surface area (Å²) in [5.74, 6) is 1.77. The average molecular weight is 272 g/mol. The lowest BCUT2D eigenvalue weighted by molar-refractivity contribution is 0.143. The number of rotatable bonds is 2. The van der Waals surface area contributed by atoms with Crippen LogP contribution in [0.3, 0.4) is 0 Å². The summed E-state index contributed by atoms with van der Waals surface area (Å²) in [6.45, 7) is 3.45. The molecule has 0 aliphatic carbocycles. The molecule has 0 bridgehead atoms. The Morgan fingerprint density at radius 3 is 2.95 bits per heavy atom. The van der Waals surface area contributed by atoms with E-state index in [4.69, 9.17) is 0 Å². The van der Waals surface area contributed by atoms with E-state index in [1.165, 1.54) is 32.2 Å². The molecule has 2 aliphatic rings. The third kappa shape index (κ3) is 1.99. The van der Waals surface area contributed by atoms with Crippen molar-refractivity contribution in [3.8, 4) is 0 Å². The van der Waals surface area contributed by atoms with Crippen LogP contribution in [0.25, 0.3) is 5.78 Å². The lowest BCUT2D eigenvalue weighted by atomic mass is 10.0. The van der Waals surface area contributed by atoms with Crippen LogP contribution in [0.4, 0.5) is 0 Å². The van der Waals surface area contributed by atoms with Gasteiger partial charge in [-0.15, -0.1) is 10.2 Å². The number of nitrogens with zero attached hydrogens (tertiary/aromatic N) is 5. The summed E-state index contributed by atoms with van der Waals surface area (Å²) in [7, 11) is 0. The molecule has 2 aliphatic heterocycles. The van der Waals surface area contributed by atoms with Crippen LogP contribution in [0, 0.1) is 0 Å². The molecule has 1 atom stereocenters. The Kier molecular flexibility index (Phi) is 3.12. The van der Waals surface area contributed by atoms with E-state index in [-0.39, 0.29) is 0 Å². The topological polar surface area (TPSA) is 58.4 Å². The van der Waals surface area contributed by atoms with Gasteiger partial charge in [-0.2, -0.15) is 0 Å². The van der Waals surface area contributed by atoms with E-state index in [9.17, 15) is 0 Å². The summed E-state index contributed by atoms with van der Waals surface area (Å²) in [4.78, 5) is 6.91. The third-order valence-electron chi connectivity index (χ3n) is 4.59. The lowest BCUT2D eigenvalue weighted by Crippen LogP contribution is -2.43. The van der Waals surface area contributed by atoms with Crippen molar-refractivity contribution in [3.05, 3.63) is 24.3 Å². The van der Waals surface area contributed by atoms with E-state index in [1.807, 2.05) is 16.7 Å². The summed E-state index contributed by atoms with van der Waals surface area (Å²) in [5, 5.41) is 12.1. The number of hydrogen-bond donors (Lipinski definition) is 1. The van der Waals surface area contributed by atoms with Gasteiger partial charge in [0.25, 0.3) is 5.78 Å². The van der Waals surface area contributed by atoms with Crippen molar-refractivity contribution in [2.24, 2.45) is 0 Å². The molecule has 106 valence electrons. The molecule has 2 fully saturated rings. The normalized spacial score (nSPS) is 25.5. The highest BCUT2D eigenvalue weighted by Gasteiger charge is 2.34. The highest BCUT2D eigenvalue weighted by atomic mass is 15.3. The highest BCUT2D eigenvalue weighted by molar-refractivity contribution is 5.27. The van der Waals surface area contributed by atoms with Gasteiger partial charge in [-0.05, 0) is 51.4 Å². The summed E-state index contributed by atoms with van der Waals surface area (Å²) in [6, 6.07) is 3.04. The van der Waals surface area contributed by atoms with Crippen LogP contribution in [0.2, 0.25) is 0 Å². The zero-order valence-corrected chi connectivity index (χ0v) is 11.6. The first kappa shape index (κ1) is 12.2. The van der Waals surface area contributed by atoms with Gasteiger partial charge in [-0.3, -0.25) is 9.30 Å². The number of fused-ring (bicyclic) bond motifs is 1. The molecular weight excluding hydrogens is 252 g/mol. The maximum Gasteiger partial charge on any atom is 0.254 e. The van der Waals surface area contributed by atoms with E-state index in [1.54, 1.807) is 6.20 Å². The first-order valence-electron chi connectivity index (χ1n) is 7.55. The Hall–Kier alpha value is -1.53. The summed E-state index contributed by atoms with van der Waals surface area (Å²) < 4.78 is 2.05. The molecule has 0 saturated carbocycles. The van der Waals surface area contributed by atoms with Gasteiger partial charge in [0.15, 0.2) is 5.82 Å². The molecule has 6 nitrogen and oxygen atoms in total.